The van der Waals surface area contributed by atoms with E-state index >= 15 is 0 Å². The van der Waals surface area contributed by atoms with Gasteiger partial charge in [-0.25, -0.2) is 14.5 Å². The average Bonchev–Trinajstić information content (AvgIpc) is 3.14. The Morgan fingerprint density at radius 2 is 2.05 bits per heavy atom. The van der Waals surface area contributed by atoms with Crippen molar-refractivity contribution >= 4 is 0 Å². The molecule has 0 amide bonds. The van der Waals surface area contributed by atoms with Gasteiger partial charge in [0, 0.05) is 45.1 Å². The van der Waals surface area contributed by atoms with Crippen molar-refractivity contribution in [2.75, 3.05) is 13.2 Å². The predicted molar refractivity (Wildman–Crippen MR) is 77.7 cm³/mol. The highest BCUT2D eigenvalue weighted by atomic mass is 16.5. The van der Waals surface area contributed by atoms with E-state index in [1.165, 1.54) is 4.68 Å². The SMILES string of the molecule is Cn1nc2n(c1=O)C[C@@H](c1n[nH]c(C3CCOCC3)n1)CC2. The molecule has 4 rings (SSSR count). The molecule has 1 atom stereocenters. The van der Waals surface area contributed by atoms with Crippen LogP contribution in [-0.4, -0.2) is 42.7 Å². The molecular formula is C14H20N6O2. The van der Waals surface area contributed by atoms with Gasteiger partial charge in [0.05, 0.1) is 0 Å². The Hall–Kier alpha value is -1.96. The van der Waals surface area contributed by atoms with Crippen LogP contribution in [0.25, 0.3) is 0 Å². The summed E-state index contributed by atoms with van der Waals surface area (Å²) in [7, 11) is 1.69. The number of hydrogen-bond donors (Lipinski definition) is 1. The van der Waals surface area contributed by atoms with Crippen LogP contribution in [0.15, 0.2) is 4.79 Å². The number of aryl methyl sites for hydroxylation is 2. The molecule has 2 aliphatic rings. The Labute approximate surface area is 127 Å². The predicted octanol–water partition coefficient (Wildman–Crippen LogP) is 0.324. The van der Waals surface area contributed by atoms with E-state index in [-0.39, 0.29) is 11.6 Å². The Balaban J connectivity index is 1.55. The fourth-order valence-electron chi connectivity index (χ4n) is 3.37. The van der Waals surface area contributed by atoms with Crippen LogP contribution in [0.2, 0.25) is 0 Å². The second kappa shape index (κ2) is 5.35. The van der Waals surface area contributed by atoms with Crippen LogP contribution in [0.4, 0.5) is 0 Å². The van der Waals surface area contributed by atoms with Gasteiger partial charge in [0.2, 0.25) is 0 Å². The van der Waals surface area contributed by atoms with Crippen molar-refractivity contribution in [3.05, 3.63) is 28.0 Å². The van der Waals surface area contributed by atoms with Crippen molar-refractivity contribution < 1.29 is 4.74 Å². The maximum Gasteiger partial charge on any atom is 0.345 e. The lowest BCUT2D eigenvalue weighted by molar-refractivity contribution is 0.0836. The molecule has 2 aliphatic heterocycles. The highest BCUT2D eigenvalue weighted by molar-refractivity contribution is 5.06. The van der Waals surface area contributed by atoms with Gasteiger partial charge in [-0.2, -0.15) is 10.2 Å². The van der Waals surface area contributed by atoms with E-state index in [4.69, 9.17) is 9.72 Å². The third-order valence-electron chi connectivity index (χ3n) is 4.70. The first-order valence-electron chi connectivity index (χ1n) is 7.85. The Morgan fingerprint density at radius 3 is 2.86 bits per heavy atom. The summed E-state index contributed by atoms with van der Waals surface area (Å²) in [5, 5.41) is 11.8. The molecule has 0 bridgehead atoms. The van der Waals surface area contributed by atoms with Gasteiger partial charge < -0.3 is 4.74 Å². The molecule has 1 saturated heterocycles. The maximum atomic E-state index is 12.0. The summed E-state index contributed by atoms with van der Waals surface area (Å²) < 4.78 is 8.54. The third-order valence-corrected chi connectivity index (χ3v) is 4.70. The first-order valence-corrected chi connectivity index (χ1v) is 7.85. The second-order valence-electron chi connectivity index (χ2n) is 6.13. The van der Waals surface area contributed by atoms with Crippen molar-refractivity contribution in [2.24, 2.45) is 7.05 Å². The van der Waals surface area contributed by atoms with E-state index in [0.717, 1.165) is 56.4 Å². The molecule has 1 N–H and O–H groups in total. The lowest BCUT2D eigenvalue weighted by Gasteiger charge is -2.20. The second-order valence-corrected chi connectivity index (χ2v) is 6.13. The van der Waals surface area contributed by atoms with Crippen molar-refractivity contribution in [3.63, 3.8) is 0 Å². The quantitative estimate of drug-likeness (QED) is 0.863. The van der Waals surface area contributed by atoms with Gasteiger partial charge in [-0.05, 0) is 19.3 Å². The Morgan fingerprint density at radius 1 is 1.23 bits per heavy atom. The number of nitrogens with zero attached hydrogens (tertiary/aromatic N) is 5. The molecule has 4 heterocycles. The molecule has 0 spiro atoms. The zero-order chi connectivity index (χ0) is 15.1. The molecular weight excluding hydrogens is 284 g/mol. The molecule has 0 radical (unpaired) electrons. The summed E-state index contributed by atoms with van der Waals surface area (Å²) in [6, 6.07) is 0. The minimum absolute atomic E-state index is 0.0557. The van der Waals surface area contributed by atoms with Gasteiger partial charge in [-0.1, -0.05) is 0 Å². The summed E-state index contributed by atoms with van der Waals surface area (Å²) in [5.41, 5.74) is -0.0557. The molecule has 118 valence electrons. The van der Waals surface area contributed by atoms with Gasteiger partial charge in [0.15, 0.2) is 5.82 Å². The number of nitrogens with one attached hydrogen (secondary N) is 1. The van der Waals surface area contributed by atoms with Gasteiger partial charge >= 0.3 is 5.69 Å². The van der Waals surface area contributed by atoms with Crippen LogP contribution in [0.1, 0.15) is 48.6 Å². The summed E-state index contributed by atoms with van der Waals surface area (Å²) in [6.45, 7) is 2.20. The fourth-order valence-corrected chi connectivity index (χ4v) is 3.37. The van der Waals surface area contributed by atoms with E-state index < -0.39 is 0 Å². The molecule has 8 heteroatoms. The molecule has 0 saturated carbocycles. The summed E-state index contributed by atoms with van der Waals surface area (Å²) >= 11 is 0. The van der Waals surface area contributed by atoms with E-state index in [1.54, 1.807) is 11.6 Å². The lowest BCUT2D eigenvalue weighted by Crippen LogP contribution is -2.29. The summed E-state index contributed by atoms with van der Waals surface area (Å²) in [5.74, 6) is 3.24. The number of aromatic amines is 1. The van der Waals surface area contributed by atoms with E-state index in [1.807, 2.05) is 0 Å². The highest BCUT2D eigenvalue weighted by Crippen LogP contribution is 2.28. The zero-order valence-electron chi connectivity index (χ0n) is 12.7. The first-order chi connectivity index (χ1) is 10.7. The molecule has 0 aliphatic carbocycles. The van der Waals surface area contributed by atoms with Crippen LogP contribution in [0, 0.1) is 0 Å². The molecule has 22 heavy (non-hydrogen) atoms. The van der Waals surface area contributed by atoms with Gasteiger partial charge in [-0.15, -0.1) is 0 Å². The van der Waals surface area contributed by atoms with Crippen molar-refractivity contribution in [3.8, 4) is 0 Å². The largest absolute Gasteiger partial charge is 0.381 e. The molecule has 1 fully saturated rings. The smallest absolute Gasteiger partial charge is 0.345 e. The van der Waals surface area contributed by atoms with Crippen molar-refractivity contribution in [1.82, 2.24) is 29.5 Å². The molecule has 8 nitrogen and oxygen atoms in total. The van der Waals surface area contributed by atoms with E-state index in [0.29, 0.717) is 12.5 Å². The van der Waals surface area contributed by atoms with Crippen molar-refractivity contribution in [2.45, 2.75) is 44.1 Å². The summed E-state index contributed by atoms with van der Waals surface area (Å²) in [4.78, 5) is 16.7. The number of aromatic nitrogens is 6. The Kier molecular flexibility index (Phi) is 3.33. The van der Waals surface area contributed by atoms with E-state index in [2.05, 4.69) is 15.3 Å². The number of ether oxygens (including phenoxy) is 1. The van der Waals surface area contributed by atoms with Crippen molar-refractivity contribution in [1.29, 1.82) is 0 Å². The van der Waals surface area contributed by atoms with E-state index in [9.17, 15) is 4.79 Å². The number of H-pyrrole nitrogens is 1. The van der Waals surface area contributed by atoms with Crippen LogP contribution >= 0.6 is 0 Å². The van der Waals surface area contributed by atoms with Crippen LogP contribution in [-0.2, 0) is 24.8 Å². The minimum atomic E-state index is -0.0557. The minimum Gasteiger partial charge on any atom is -0.381 e. The number of hydrogen-bond acceptors (Lipinski definition) is 5. The zero-order valence-corrected chi connectivity index (χ0v) is 12.7. The average molecular weight is 304 g/mol. The molecule has 2 aromatic rings. The number of fused-ring (bicyclic) bond motifs is 1. The Bertz CT molecular complexity index is 724. The standard InChI is InChI=1S/C14H20N6O2/c1-19-14(21)20-8-10(2-3-11(20)18-19)13-15-12(16-17-13)9-4-6-22-7-5-9/h9-10H,2-8H2,1H3,(H,15,16,17)/t10-/m0/s1. The third kappa shape index (κ3) is 2.27. The first kappa shape index (κ1) is 13.7. The molecule has 0 aromatic carbocycles. The monoisotopic (exact) mass is 304 g/mol. The van der Waals surface area contributed by atoms with Gasteiger partial charge in [-0.3, -0.25) is 9.67 Å². The maximum absolute atomic E-state index is 12.0. The van der Waals surface area contributed by atoms with Crippen LogP contribution < -0.4 is 5.69 Å². The van der Waals surface area contributed by atoms with Gasteiger partial charge in [0.1, 0.15) is 11.6 Å². The normalized spacial score (nSPS) is 22.7. The molecule has 0 unspecified atom stereocenters. The highest BCUT2D eigenvalue weighted by Gasteiger charge is 2.28. The summed E-state index contributed by atoms with van der Waals surface area (Å²) in [6.07, 6.45) is 3.71. The van der Waals surface area contributed by atoms with Gasteiger partial charge in [0.25, 0.3) is 0 Å². The van der Waals surface area contributed by atoms with Crippen LogP contribution in [0.5, 0.6) is 0 Å². The fraction of sp³-hybridized carbons (Fsp3) is 0.714. The topological polar surface area (TPSA) is 90.6 Å². The molecule has 2 aromatic heterocycles. The van der Waals surface area contributed by atoms with Crippen LogP contribution in [0.3, 0.4) is 0 Å². The number of rotatable bonds is 2. The lowest BCUT2D eigenvalue weighted by atomic mass is 9.98.